The lowest BCUT2D eigenvalue weighted by Crippen LogP contribution is -2.40. The summed E-state index contributed by atoms with van der Waals surface area (Å²) >= 11 is 0. The average molecular weight is 483 g/mol. The number of nitrogens with zero attached hydrogens (tertiary/aromatic N) is 2. The van der Waals surface area contributed by atoms with E-state index in [9.17, 15) is 14.7 Å². The van der Waals surface area contributed by atoms with Gasteiger partial charge in [-0.15, -0.1) is 0 Å². The van der Waals surface area contributed by atoms with E-state index in [-0.39, 0.29) is 42.5 Å². The molecule has 0 spiro atoms. The smallest absolute Gasteiger partial charge is 0.290 e. The fourth-order valence-corrected chi connectivity index (χ4v) is 3.72. The zero-order valence-corrected chi connectivity index (χ0v) is 21.0. The van der Waals surface area contributed by atoms with E-state index in [2.05, 4.69) is 11.8 Å². The molecule has 3 rings (SSSR count). The van der Waals surface area contributed by atoms with Gasteiger partial charge >= 0.3 is 0 Å². The van der Waals surface area contributed by atoms with Crippen molar-refractivity contribution in [3.05, 3.63) is 53.5 Å². The summed E-state index contributed by atoms with van der Waals surface area (Å²) in [4.78, 5) is 29.5. The molecule has 1 aliphatic heterocycles. The molecule has 1 aliphatic rings. The molecule has 1 aromatic carbocycles. The molecule has 1 saturated heterocycles. The van der Waals surface area contributed by atoms with E-state index in [4.69, 9.17) is 13.9 Å². The molecule has 1 atom stereocenters. The number of benzene rings is 1. The van der Waals surface area contributed by atoms with Crippen molar-refractivity contribution in [1.82, 2.24) is 9.80 Å². The van der Waals surface area contributed by atoms with Crippen molar-refractivity contribution in [3.63, 3.8) is 0 Å². The standard InChI is InChI=1S/C27H34N2O6/c1-19(2)14-28-15-23(34-18-20-7-6-8-22(13-20)33-5)16-29(17-25(28)30)26(31)24-10-9-21(35-24)11-12-27(3,4)32/h6-10,13,19,23,32H,14-18H2,1-5H3. The molecule has 0 bridgehead atoms. The lowest BCUT2D eigenvalue weighted by atomic mass is 10.1. The van der Waals surface area contributed by atoms with Crippen molar-refractivity contribution in [2.24, 2.45) is 5.92 Å². The van der Waals surface area contributed by atoms with E-state index in [0.29, 0.717) is 19.7 Å². The second-order valence-electron chi connectivity index (χ2n) is 9.64. The Morgan fingerprint density at radius 3 is 2.71 bits per heavy atom. The van der Waals surface area contributed by atoms with Gasteiger partial charge in [0, 0.05) is 19.6 Å². The van der Waals surface area contributed by atoms with Gasteiger partial charge in [-0.1, -0.05) is 31.9 Å². The number of aliphatic hydroxyl groups is 1. The second-order valence-corrected chi connectivity index (χ2v) is 9.64. The van der Waals surface area contributed by atoms with E-state index in [0.717, 1.165) is 11.3 Å². The fourth-order valence-electron chi connectivity index (χ4n) is 3.72. The third kappa shape index (κ3) is 7.88. The Labute approximate surface area is 206 Å². The number of carbonyl (C=O) groups excluding carboxylic acids is 2. The van der Waals surface area contributed by atoms with E-state index < -0.39 is 11.5 Å². The van der Waals surface area contributed by atoms with Gasteiger partial charge in [0.15, 0.2) is 11.5 Å². The summed E-state index contributed by atoms with van der Waals surface area (Å²) in [5.74, 6) is 6.21. The highest BCUT2D eigenvalue weighted by molar-refractivity contribution is 5.94. The first-order chi connectivity index (χ1) is 16.5. The Morgan fingerprint density at radius 2 is 2.03 bits per heavy atom. The highest BCUT2D eigenvalue weighted by atomic mass is 16.5. The summed E-state index contributed by atoms with van der Waals surface area (Å²) < 4.78 is 17.1. The van der Waals surface area contributed by atoms with Crippen LogP contribution in [0, 0.1) is 17.8 Å². The van der Waals surface area contributed by atoms with Crippen molar-refractivity contribution in [3.8, 4) is 17.6 Å². The van der Waals surface area contributed by atoms with Crippen LogP contribution in [0.4, 0.5) is 0 Å². The second kappa shape index (κ2) is 11.4. The molecule has 1 unspecified atom stereocenters. The van der Waals surface area contributed by atoms with Crippen LogP contribution >= 0.6 is 0 Å². The Balaban J connectivity index is 1.77. The maximum atomic E-state index is 13.2. The highest BCUT2D eigenvalue weighted by Gasteiger charge is 2.32. The van der Waals surface area contributed by atoms with E-state index in [1.165, 1.54) is 11.0 Å². The third-order valence-corrected chi connectivity index (χ3v) is 5.33. The Bertz CT molecular complexity index is 1090. The summed E-state index contributed by atoms with van der Waals surface area (Å²) in [5.41, 5.74) is -0.240. The van der Waals surface area contributed by atoms with Gasteiger partial charge in [0.1, 0.15) is 17.9 Å². The zero-order chi connectivity index (χ0) is 25.6. The monoisotopic (exact) mass is 482 g/mol. The van der Waals surface area contributed by atoms with E-state index in [1.807, 2.05) is 38.1 Å². The molecule has 35 heavy (non-hydrogen) atoms. The van der Waals surface area contributed by atoms with Crippen LogP contribution in [0.1, 0.15) is 49.6 Å². The number of rotatable bonds is 7. The quantitative estimate of drug-likeness (QED) is 0.610. The van der Waals surface area contributed by atoms with E-state index >= 15 is 0 Å². The van der Waals surface area contributed by atoms with Crippen LogP contribution in [0.3, 0.4) is 0 Å². The van der Waals surface area contributed by atoms with Gasteiger partial charge < -0.3 is 28.8 Å². The number of furan rings is 1. The Hall–Kier alpha value is -3.28. The largest absolute Gasteiger partial charge is 0.497 e. The molecule has 0 radical (unpaired) electrons. The molecule has 8 nitrogen and oxygen atoms in total. The van der Waals surface area contributed by atoms with Crippen molar-refractivity contribution in [2.75, 3.05) is 33.3 Å². The lowest BCUT2D eigenvalue weighted by molar-refractivity contribution is -0.132. The predicted octanol–water partition coefficient (Wildman–Crippen LogP) is 2.94. The summed E-state index contributed by atoms with van der Waals surface area (Å²) in [6.45, 7) is 8.70. The summed E-state index contributed by atoms with van der Waals surface area (Å²) in [7, 11) is 1.61. The molecule has 0 saturated carbocycles. The van der Waals surface area contributed by atoms with Crippen LogP contribution in [0.5, 0.6) is 5.75 Å². The number of methoxy groups -OCH3 is 1. The average Bonchev–Trinajstić information content (AvgIpc) is 3.22. The molecule has 2 heterocycles. The highest BCUT2D eigenvalue weighted by Crippen LogP contribution is 2.18. The lowest BCUT2D eigenvalue weighted by Gasteiger charge is -2.26. The van der Waals surface area contributed by atoms with Gasteiger partial charge in [-0.3, -0.25) is 9.59 Å². The molecule has 188 valence electrons. The predicted molar refractivity (Wildman–Crippen MR) is 131 cm³/mol. The molecule has 2 aromatic rings. The normalized spacial score (nSPS) is 16.7. The van der Waals surface area contributed by atoms with Gasteiger partial charge in [0.25, 0.3) is 5.91 Å². The summed E-state index contributed by atoms with van der Waals surface area (Å²) in [6, 6.07) is 10.7. The zero-order valence-electron chi connectivity index (χ0n) is 21.0. The molecule has 0 aliphatic carbocycles. The topological polar surface area (TPSA) is 92.5 Å². The number of hydrogen-bond donors (Lipinski definition) is 1. The van der Waals surface area contributed by atoms with Crippen LogP contribution in [0.2, 0.25) is 0 Å². The summed E-state index contributed by atoms with van der Waals surface area (Å²) in [6.07, 6.45) is -0.375. The molecular formula is C27H34N2O6. The van der Waals surface area contributed by atoms with Crippen LogP contribution in [-0.4, -0.2) is 71.7 Å². The maximum Gasteiger partial charge on any atom is 0.290 e. The van der Waals surface area contributed by atoms with Gasteiger partial charge in [-0.2, -0.15) is 0 Å². The van der Waals surface area contributed by atoms with Gasteiger partial charge in [-0.25, -0.2) is 0 Å². The molecule has 8 heteroatoms. The van der Waals surface area contributed by atoms with Crippen molar-refractivity contribution >= 4 is 11.8 Å². The summed E-state index contributed by atoms with van der Waals surface area (Å²) in [5, 5.41) is 9.78. The Kier molecular flexibility index (Phi) is 8.60. The number of carbonyl (C=O) groups is 2. The molecule has 1 N–H and O–H groups in total. The minimum Gasteiger partial charge on any atom is -0.497 e. The first-order valence-corrected chi connectivity index (χ1v) is 11.7. The minimum absolute atomic E-state index is 0.0596. The molecular weight excluding hydrogens is 448 g/mol. The van der Waals surface area contributed by atoms with Crippen LogP contribution in [0.15, 0.2) is 40.8 Å². The first kappa shape index (κ1) is 26.3. The molecule has 2 amide bonds. The van der Waals surface area contributed by atoms with Crippen LogP contribution in [-0.2, 0) is 16.1 Å². The van der Waals surface area contributed by atoms with Crippen molar-refractivity contribution in [2.45, 2.75) is 46.0 Å². The van der Waals surface area contributed by atoms with Gasteiger partial charge in [0.2, 0.25) is 5.91 Å². The third-order valence-electron chi connectivity index (χ3n) is 5.33. The van der Waals surface area contributed by atoms with Gasteiger partial charge in [0.05, 0.1) is 19.8 Å². The van der Waals surface area contributed by atoms with Crippen molar-refractivity contribution in [1.29, 1.82) is 0 Å². The fraction of sp³-hybridized carbons (Fsp3) is 0.481. The maximum absolute atomic E-state index is 13.2. The number of amides is 2. The number of ether oxygens (including phenoxy) is 2. The van der Waals surface area contributed by atoms with E-state index in [1.54, 1.807) is 31.9 Å². The van der Waals surface area contributed by atoms with Crippen molar-refractivity contribution < 1.29 is 28.6 Å². The van der Waals surface area contributed by atoms with Crippen LogP contribution in [0.25, 0.3) is 0 Å². The van der Waals surface area contributed by atoms with Gasteiger partial charge in [-0.05, 0) is 55.5 Å². The number of hydrogen-bond acceptors (Lipinski definition) is 6. The SMILES string of the molecule is COc1cccc(COC2CN(CC(C)C)C(=O)CN(C(=O)c3ccc(C#CC(C)(C)O)o3)C2)c1. The Morgan fingerprint density at radius 1 is 1.26 bits per heavy atom. The minimum atomic E-state index is -1.18. The molecule has 1 aromatic heterocycles. The first-order valence-electron chi connectivity index (χ1n) is 11.7. The molecule has 1 fully saturated rings. The van der Waals surface area contributed by atoms with Crippen LogP contribution < -0.4 is 4.74 Å².